The molecule has 1 N–H and O–H groups in total. The minimum absolute atomic E-state index is 0.0589. The van der Waals surface area contributed by atoms with Gasteiger partial charge in [-0.15, -0.1) is 0 Å². The van der Waals surface area contributed by atoms with E-state index in [-0.39, 0.29) is 17.2 Å². The van der Waals surface area contributed by atoms with Crippen LogP contribution in [0.4, 0.5) is 5.69 Å². The minimum Gasteiger partial charge on any atom is -0.342 e. The lowest BCUT2D eigenvalue weighted by atomic mass is 9.85. The SMILES string of the molecule is Cn1cc(NC(=O)CN2CCC3(CCN(CCc4ccccc4)C3=O)C2)cn1. The van der Waals surface area contributed by atoms with E-state index in [0.29, 0.717) is 18.8 Å². The molecule has 2 aliphatic rings. The number of anilines is 1. The fraction of sp³-hybridized carbons (Fsp3) is 0.476. The first-order valence-electron chi connectivity index (χ1n) is 9.88. The van der Waals surface area contributed by atoms with Crippen molar-refractivity contribution in [3.8, 4) is 0 Å². The molecule has 1 atom stereocenters. The molecule has 7 nitrogen and oxygen atoms in total. The molecule has 7 heteroatoms. The lowest BCUT2D eigenvalue weighted by Crippen LogP contribution is -2.39. The molecule has 0 saturated carbocycles. The molecule has 0 aliphatic carbocycles. The van der Waals surface area contributed by atoms with Gasteiger partial charge in [-0.2, -0.15) is 5.10 Å². The Morgan fingerprint density at radius 2 is 2.00 bits per heavy atom. The Morgan fingerprint density at radius 1 is 1.21 bits per heavy atom. The van der Waals surface area contributed by atoms with Crippen LogP contribution in [0.1, 0.15) is 18.4 Å². The second-order valence-corrected chi connectivity index (χ2v) is 7.97. The number of nitrogens with one attached hydrogen (secondary N) is 1. The van der Waals surface area contributed by atoms with Crippen LogP contribution in [0.15, 0.2) is 42.7 Å². The predicted molar refractivity (Wildman–Crippen MR) is 107 cm³/mol. The van der Waals surface area contributed by atoms with Crippen LogP contribution in [-0.2, 0) is 23.1 Å². The van der Waals surface area contributed by atoms with E-state index in [1.807, 2.05) is 30.1 Å². The molecule has 2 amide bonds. The van der Waals surface area contributed by atoms with Crippen LogP contribution < -0.4 is 5.32 Å². The third-order valence-electron chi connectivity index (χ3n) is 5.90. The number of nitrogens with zero attached hydrogens (tertiary/aromatic N) is 4. The van der Waals surface area contributed by atoms with Crippen LogP contribution in [0.5, 0.6) is 0 Å². The van der Waals surface area contributed by atoms with Crippen LogP contribution >= 0.6 is 0 Å². The average molecular weight is 381 g/mol. The molecule has 2 aromatic rings. The molecule has 0 bridgehead atoms. The van der Waals surface area contributed by atoms with E-state index < -0.39 is 0 Å². The molecule has 2 fully saturated rings. The van der Waals surface area contributed by atoms with Gasteiger partial charge in [0.15, 0.2) is 0 Å². The van der Waals surface area contributed by atoms with Crippen LogP contribution in [0.25, 0.3) is 0 Å². The Morgan fingerprint density at radius 3 is 2.75 bits per heavy atom. The van der Waals surface area contributed by atoms with Crippen molar-refractivity contribution in [2.45, 2.75) is 19.3 Å². The summed E-state index contributed by atoms with van der Waals surface area (Å²) in [5, 5.41) is 6.92. The number of hydrogen-bond donors (Lipinski definition) is 1. The predicted octanol–water partition coefficient (Wildman–Crippen LogP) is 1.53. The molecule has 2 aliphatic heterocycles. The van der Waals surface area contributed by atoms with E-state index in [1.54, 1.807) is 17.1 Å². The molecule has 148 valence electrons. The van der Waals surface area contributed by atoms with Crippen molar-refractivity contribution < 1.29 is 9.59 Å². The summed E-state index contributed by atoms with van der Waals surface area (Å²) in [4.78, 5) is 29.5. The third-order valence-corrected chi connectivity index (χ3v) is 5.90. The van der Waals surface area contributed by atoms with Gasteiger partial charge in [0.2, 0.25) is 11.8 Å². The summed E-state index contributed by atoms with van der Waals surface area (Å²) in [5.41, 5.74) is 1.66. The topological polar surface area (TPSA) is 70.5 Å². The molecule has 4 rings (SSSR count). The molecule has 1 unspecified atom stereocenters. The van der Waals surface area contributed by atoms with Crippen LogP contribution in [0.2, 0.25) is 0 Å². The second-order valence-electron chi connectivity index (χ2n) is 7.97. The highest BCUT2D eigenvalue weighted by Gasteiger charge is 2.50. The fourth-order valence-electron chi connectivity index (χ4n) is 4.38. The largest absolute Gasteiger partial charge is 0.342 e. The lowest BCUT2D eigenvalue weighted by molar-refractivity contribution is -0.135. The van der Waals surface area contributed by atoms with E-state index in [4.69, 9.17) is 0 Å². The molecule has 1 aromatic heterocycles. The summed E-state index contributed by atoms with van der Waals surface area (Å²) < 4.78 is 1.65. The number of benzene rings is 1. The van der Waals surface area contributed by atoms with Gasteiger partial charge in [-0.05, 0) is 31.4 Å². The molecular weight excluding hydrogens is 354 g/mol. The van der Waals surface area contributed by atoms with Gasteiger partial charge in [-0.1, -0.05) is 30.3 Å². The first-order chi connectivity index (χ1) is 13.5. The van der Waals surface area contributed by atoms with Gasteiger partial charge in [0, 0.05) is 32.9 Å². The zero-order chi connectivity index (χ0) is 19.6. The Hall–Kier alpha value is -2.67. The summed E-state index contributed by atoms with van der Waals surface area (Å²) in [6, 6.07) is 10.3. The van der Waals surface area contributed by atoms with Crippen molar-refractivity contribution in [2.24, 2.45) is 12.5 Å². The number of likely N-dealkylation sites (tertiary alicyclic amines) is 2. The van der Waals surface area contributed by atoms with Crippen molar-refractivity contribution in [3.63, 3.8) is 0 Å². The quantitative estimate of drug-likeness (QED) is 0.824. The second kappa shape index (κ2) is 7.75. The van der Waals surface area contributed by atoms with Gasteiger partial charge in [-0.3, -0.25) is 19.2 Å². The van der Waals surface area contributed by atoms with Gasteiger partial charge in [0.25, 0.3) is 0 Å². The number of aryl methyl sites for hydroxylation is 1. The van der Waals surface area contributed by atoms with Gasteiger partial charge in [0.1, 0.15) is 0 Å². The monoisotopic (exact) mass is 381 g/mol. The highest BCUT2D eigenvalue weighted by atomic mass is 16.2. The number of carbonyl (C=O) groups excluding carboxylic acids is 2. The van der Waals surface area contributed by atoms with E-state index in [0.717, 1.165) is 38.9 Å². The van der Waals surface area contributed by atoms with Crippen molar-refractivity contribution >= 4 is 17.5 Å². The van der Waals surface area contributed by atoms with E-state index in [9.17, 15) is 9.59 Å². The summed E-state index contributed by atoms with van der Waals surface area (Å²) in [6.45, 7) is 3.37. The minimum atomic E-state index is -0.300. The van der Waals surface area contributed by atoms with Gasteiger partial charge >= 0.3 is 0 Å². The number of rotatable bonds is 6. The standard InChI is InChI=1S/C21H27N5O2/c1-24-14-18(13-22-24)23-19(27)15-25-11-8-21(16-25)9-12-26(20(21)28)10-7-17-5-3-2-4-6-17/h2-6,13-14H,7-12,15-16H2,1H3,(H,23,27). The van der Waals surface area contributed by atoms with Crippen molar-refractivity contribution in [1.29, 1.82) is 0 Å². The first-order valence-corrected chi connectivity index (χ1v) is 9.88. The smallest absolute Gasteiger partial charge is 0.238 e. The van der Waals surface area contributed by atoms with Crippen molar-refractivity contribution in [3.05, 3.63) is 48.3 Å². The summed E-state index contributed by atoms with van der Waals surface area (Å²) in [7, 11) is 1.81. The molecular formula is C21H27N5O2. The average Bonchev–Trinajstić information content (AvgIpc) is 3.36. The van der Waals surface area contributed by atoms with E-state index in [1.165, 1.54) is 5.56 Å². The summed E-state index contributed by atoms with van der Waals surface area (Å²) in [5.74, 6) is 0.204. The van der Waals surface area contributed by atoms with Crippen LogP contribution in [0, 0.1) is 5.41 Å². The summed E-state index contributed by atoms with van der Waals surface area (Å²) in [6.07, 6.45) is 6.03. The van der Waals surface area contributed by atoms with E-state index in [2.05, 4.69) is 27.4 Å². The van der Waals surface area contributed by atoms with Gasteiger partial charge in [0.05, 0.1) is 23.8 Å². The number of amides is 2. The maximum atomic E-state index is 13.1. The zero-order valence-corrected chi connectivity index (χ0v) is 16.3. The highest BCUT2D eigenvalue weighted by molar-refractivity contribution is 5.92. The highest BCUT2D eigenvalue weighted by Crippen LogP contribution is 2.40. The Kier molecular flexibility index (Phi) is 5.17. The van der Waals surface area contributed by atoms with Crippen molar-refractivity contribution in [2.75, 3.05) is 38.0 Å². The summed E-state index contributed by atoms with van der Waals surface area (Å²) >= 11 is 0. The molecule has 0 radical (unpaired) electrons. The first kappa shape index (κ1) is 18.7. The Balaban J connectivity index is 1.29. The normalized spacial score (nSPS) is 22.3. The third kappa shape index (κ3) is 3.94. The molecule has 1 aromatic carbocycles. The van der Waals surface area contributed by atoms with Crippen LogP contribution in [-0.4, -0.2) is 64.1 Å². The molecule has 28 heavy (non-hydrogen) atoms. The lowest BCUT2D eigenvalue weighted by Gasteiger charge is -2.23. The zero-order valence-electron chi connectivity index (χ0n) is 16.3. The maximum Gasteiger partial charge on any atom is 0.238 e. The van der Waals surface area contributed by atoms with Crippen molar-refractivity contribution in [1.82, 2.24) is 19.6 Å². The Bertz CT molecular complexity index is 849. The fourth-order valence-corrected chi connectivity index (χ4v) is 4.38. The number of hydrogen-bond acceptors (Lipinski definition) is 4. The number of carbonyl (C=O) groups is 2. The van der Waals surface area contributed by atoms with Gasteiger partial charge < -0.3 is 10.2 Å². The maximum absolute atomic E-state index is 13.1. The molecule has 2 saturated heterocycles. The van der Waals surface area contributed by atoms with E-state index >= 15 is 0 Å². The number of aromatic nitrogens is 2. The molecule has 1 spiro atoms. The van der Waals surface area contributed by atoms with Crippen LogP contribution in [0.3, 0.4) is 0 Å². The molecule has 3 heterocycles. The Labute approximate surface area is 165 Å². The van der Waals surface area contributed by atoms with Gasteiger partial charge in [-0.25, -0.2) is 0 Å².